The molecule has 0 saturated carbocycles. The van der Waals surface area contributed by atoms with Gasteiger partial charge in [-0.15, -0.1) is 0 Å². The van der Waals surface area contributed by atoms with Gasteiger partial charge >= 0.3 is 11.8 Å². The van der Waals surface area contributed by atoms with Crippen LogP contribution in [-0.4, -0.2) is 31.2 Å². The van der Waals surface area contributed by atoms with Crippen molar-refractivity contribution in [3.8, 4) is 11.5 Å². The minimum absolute atomic E-state index is 0.105. The van der Waals surface area contributed by atoms with Gasteiger partial charge in [0.1, 0.15) is 5.82 Å². The Morgan fingerprint density at radius 1 is 1.14 bits per heavy atom. The number of hydrogen-bond acceptors (Lipinski definition) is 5. The molecule has 9 heteroatoms. The Morgan fingerprint density at radius 3 is 2.54 bits per heavy atom. The molecule has 0 heterocycles. The van der Waals surface area contributed by atoms with Crippen LogP contribution in [0.2, 0.25) is 5.02 Å². The van der Waals surface area contributed by atoms with Gasteiger partial charge in [-0.05, 0) is 43.7 Å². The van der Waals surface area contributed by atoms with Crippen LogP contribution in [0.25, 0.3) is 0 Å². The third-order valence-corrected chi connectivity index (χ3v) is 3.61. The predicted molar refractivity (Wildman–Crippen MR) is 105 cm³/mol. The van der Waals surface area contributed by atoms with E-state index in [0.29, 0.717) is 35.3 Å². The predicted octanol–water partition coefficient (Wildman–Crippen LogP) is 3.37. The van der Waals surface area contributed by atoms with E-state index in [-0.39, 0.29) is 5.69 Å². The van der Waals surface area contributed by atoms with Crippen molar-refractivity contribution < 1.29 is 23.5 Å². The van der Waals surface area contributed by atoms with Crippen LogP contribution in [0.15, 0.2) is 41.5 Å². The van der Waals surface area contributed by atoms with Gasteiger partial charge in [-0.3, -0.25) is 9.59 Å². The number of anilines is 1. The van der Waals surface area contributed by atoms with Crippen molar-refractivity contribution in [2.24, 2.45) is 5.10 Å². The van der Waals surface area contributed by atoms with Crippen LogP contribution in [0.4, 0.5) is 10.1 Å². The molecule has 0 aliphatic carbocycles. The van der Waals surface area contributed by atoms with Crippen molar-refractivity contribution in [1.82, 2.24) is 5.43 Å². The maximum absolute atomic E-state index is 13.5. The number of nitrogens with zero attached hydrogens (tertiary/aromatic N) is 1. The zero-order valence-corrected chi connectivity index (χ0v) is 16.0. The summed E-state index contributed by atoms with van der Waals surface area (Å²) in [5, 5.41) is 6.19. The van der Waals surface area contributed by atoms with Crippen LogP contribution < -0.4 is 20.2 Å². The number of rotatable bonds is 7. The van der Waals surface area contributed by atoms with Crippen molar-refractivity contribution in [1.29, 1.82) is 0 Å². The van der Waals surface area contributed by atoms with Crippen LogP contribution in [0, 0.1) is 5.82 Å². The van der Waals surface area contributed by atoms with Crippen LogP contribution in [-0.2, 0) is 9.59 Å². The lowest BCUT2D eigenvalue weighted by molar-refractivity contribution is -0.136. The number of nitrogens with one attached hydrogen (secondary N) is 2. The molecule has 2 rings (SSSR count). The maximum atomic E-state index is 13.5. The van der Waals surface area contributed by atoms with Gasteiger partial charge in [-0.1, -0.05) is 23.7 Å². The number of benzene rings is 2. The van der Waals surface area contributed by atoms with E-state index in [9.17, 15) is 14.0 Å². The lowest BCUT2D eigenvalue weighted by atomic mass is 10.2. The largest absolute Gasteiger partial charge is 0.490 e. The fourth-order valence-corrected chi connectivity index (χ4v) is 2.44. The minimum atomic E-state index is -1.05. The van der Waals surface area contributed by atoms with E-state index in [0.717, 1.165) is 6.07 Å². The molecule has 0 aliphatic heterocycles. The summed E-state index contributed by atoms with van der Waals surface area (Å²) < 4.78 is 24.5. The first-order valence-electron chi connectivity index (χ1n) is 8.44. The Kier molecular flexibility index (Phi) is 7.76. The third-order valence-electron chi connectivity index (χ3n) is 3.33. The quantitative estimate of drug-likeness (QED) is 0.418. The van der Waals surface area contributed by atoms with E-state index in [4.69, 9.17) is 21.1 Å². The van der Waals surface area contributed by atoms with Gasteiger partial charge in [-0.25, -0.2) is 9.82 Å². The van der Waals surface area contributed by atoms with Gasteiger partial charge in [0.2, 0.25) is 0 Å². The molecule has 7 nitrogen and oxygen atoms in total. The van der Waals surface area contributed by atoms with E-state index in [1.54, 1.807) is 12.1 Å². The van der Waals surface area contributed by atoms with E-state index < -0.39 is 17.6 Å². The highest BCUT2D eigenvalue weighted by Gasteiger charge is 2.15. The fraction of sp³-hybridized carbons (Fsp3) is 0.211. The summed E-state index contributed by atoms with van der Waals surface area (Å²) in [5.41, 5.74) is 2.48. The first kappa shape index (κ1) is 21.2. The molecule has 0 saturated heterocycles. The highest BCUT2D eigenvalue weighted by atomic mass is 35.5. The monoisotopic (exact) mass is 407 g/mol. The maximum Gasteiger partial charge on any atom is 0.329 e. The first-order valence-corrected chi connectivity index (χ1v) is 8.82. The number of hydrogen-bond donors (Lipinski definition) is 2. The molecule has 2 aromatic carbocycles. The second-order valence-corrected chi connectivity index (χ2v) is 5.74. The van der Waals surface area contributed by atoms with Crippen molar-refractivity contribution >= 4 is 35.3 Å². The summed E-state index contributed by atoms with van der Waals surface area (Å²) >= 11 is 6.19. The van der Waals surface area contributed by atoms with Gasteiger partial charge in [0.25, 0.3) is 0 Å². The molecule has 0 atom stereocenters. The Bertz CT molecular complexity index is 889. The number of para-hydroxylation sites is 1. The lowest BCUT2D eigenvalue weighted by Gasteiger charge is -2.13. The van der Waals surface area contributed by atoms with Gasteiger partial charge in [0, 0.05) is 0 Å². The molecule has 0 spiro atoms. The standard InChI is InChI=1S/C19H19ClFN3O4/c1-3-27-16-10-12(9-13(20)17(16)28-4-2)11-22-24-19(26)18(25)23-15-8-6-5-7-14(15)21/h5-11H,3-4H2,1-2H3,(H,23,25)(H,24,26)/b22-11-. The van der Waals surface area contributed by atoms with Crippen LogP contribution >= 0.6 is 11.6 Å². The van der Waals surface area contributed by atoms with Gasteiger partial charge < -0.3 is 14.8 Å². The van der Waals surface area contributed by atoms with Gasteiger partial charge in [0.15, 0.2) is 11.5 Å². The summed E-state index contributed by atoms with van der Waals surface area (Å²) in [6.45, 7) is 4.46. The van der Waals surface area contributed by atoms with Crippen LogP contribution in [0.5, 0.6) is 11.5 Å². The molecule has 148 valence electrons. The number of hydrazone groups is 1. The summed E-state index contributed by atoms with van der Waals surface area (Å²) in [5.74, 6) is -1.92. The normalized spacial score (nSPS) is 10.6. The summed E-state index contributed by atoms with van der Waals surface area (Å²) in [4.78, 5) is 23.6. The molecule has 2 aromatic rings. The van der Waals surface area contributed by atoms with Crippen molar-refractivity contribution in [3.63, 3.8) is 0 Å². The number of carbonyl (C=O) groups excluding carboxylic acids is 2. The first-order chi connectivity index (χ1) is 13.5. The van der Waals surface area contributed by atoms with Crippen LogP contribution in [0.1, 0.15) is 19.4 Å². The van der Waals surface area contributed by atoms with E-state index in [1.165, 1.54) is 24.4 Å². The molecule has 0 aliphatic rings. The molecule has 0 fully saturated rings. The zero-order chi connectivity index (χ0) is 20.5. The summed E-state index contributed by atoms with van der Waals surface area (Å²) in [6.07, 6.45) is 1.29. The Hall–Kier alpha value is -3.13. The van der Waals surface area contributed by atoms with Gasteiger partial charge in [-0.2, -0.15) is 5.10 Å². The van der Waals surface area contributed by atoms with Crippen molar-refractivity contribution in [3.05, 3.63) is 52.8 Å². The molecular weight excluding hydrogens is 389 g/mol. The minimum Gasteiger partial charge on any atom is -0.490 e. The van der Waals surface area contributed by atoms with E-state index in [2.05, 4.69) is 15.8 Å². The highest BCUT2D eigenvalue weighted by molar-refractivity contribution is 6.39. The molecule has 2 amide bonds. The average molecular weight is 408 g/mol. The Balaban J connectivity index is 2.04. The average Bonchev–Trinajstić information content (AvgIpc) is 2.66. The van der Waals surface area contributed by atoms with Crippen molar-refractivity contribution in [2.45, 2.75) is 13.8 Å². The summed E-state index contributed by atoms with van der Waals surface area (Å²) in [6, 6.07) is 8.70. The Labute approximate surface area is 166 Å². The molecule has 2 N–H and O–H groups in total. The molecule has 0 aromatic heterocycles. The number of carbonyl (C=O) groups is 2. The van der Waals surface area contributed by atoms with Crippen LogP contribution in [0.3, 0.4) is 0 Å². The molecule has 28 heavy (non-hydrogen) atoms. The zero-order valence-electron chi connectivity index (χ0n) is 15.3. The van der Waals surface area contributed by atoms with E-state index >= 15 is 0 Å². The number of halogens is 2. The SMILES string of the molecule is CCOc1cc(/C=N\NC(=O)C(=O)Nc2ccccc2F)cc(Cl)c1OCC. The molecule has 0 bridgehead atoms. The lowest BCUT2D eigenvalue weighted by Crippen LogP contribution is -2.32. The smallest absolute Gasteiger partial charge is 0.329 e. The topological polar surface area (TPSA) is 89.0 Å². The number of ether oxygens (including phenoxy) is 2. The fourth-order valence-electron chi connectivity index (χ4n) is 2.17. The van der Waals surface area contributed by atoms with Gasteiger partial charge in [0.05, 0.1) is 30.1 Å². The van der Waals surface area contributed by atoms with E-state index in [1.807, 2.05) is 13.8 Å². The second kappa shape index (κ2) is 10.3. The molecular formula is C19H19ClFN3O4. The third kappa shape index (κ3) is 5.68. The Morgan fingerprint density at radius 2 is 1.86 bits per heavy atom. The summed E-state index contributed by atoms with van der Waals surface area (Å²) in [7, 11) is 0. The number of amides is 2. The second-order valence-electron chi connectivity index (χ2n) is 5.33. The molecule has 0 radical (unpaired) electrons. The van der Waals surface area contributed by atoms with Crippen molar-refractivity contribution in [2.75, 3.05) is 18.5 Å². The molecule has 0 unspecified atom stereocenters. The highest BCUT2D eigenvalue weighted by Crippen LogP contribution is 2.36.